The first-order valence-electron chi connectivity index (χ1n) is 6.54. The van der Waals surface area contributed by atoms with E-state index in [1.54, 1.807) is 0 Å². The third kappa shape index (κ3) is 3.00. The zero-order chi connectivity index (χ0) is 13.1. The average Bonchev–Trinajstić information content (AvgIpc) is 2.86. The summed E-state index contributed by atoms with van der Waals surface area (Å²) in [6.07, 6.45) is 5.03. The van der Waals surface area contributed by atoms with E-state index in [1.807, 2.05) is 13.8 Å². The molecule has 1 aromatic rings. The van der Waals surface area contributed by atoms with Crippen LogP contribution in [0.1, 0.15) is 63.1 Å². The monoisotopic (exact) mass is 330 g/mol. The normalized spacial score (nSPS) is 18.2. The van der Waals surface area contributed by atoms with E-state index in [4.69, 9.17) is 17.0 Å². The van der Waals surface area contributed by atoms with Crippen LogP contribution in [0.15, 0.2) is 4.47 Å². The lowest BCUT2D eigenvalue weighted by Gasteiger charge is -2.17. The Balaban J connectivity index is 2.36. The van der Waals surface area contributed by atoms with Crippen molar-refractivity contribution < 1.29 is 4.74 Å². The molecular weight excluding hydrogens is 312 g/mol. The summed E-state index contributed by atoms with van der Waals surface area (Å²) in [7, 11) is 0. The summed E-state index contributed by atoms with van der Waals surface area (Å²) >= 11 is 8.91. The number of halogens is 1. The van der Waals surface area contributed by atoms with E-state index in [1.165, 1.54) is 31.4 Å². The van der Waals surface area contributed by atoms with E-state index in [-0.39, 0.29) is 6.10 Å². The molecule has 3 nitrogen and oxygen atoms in total. The van der Waals surface area contributed by atoms with Gasteiger partial charge in [0.05, 0.1) is 4.47 Å². The molecule has 1 aliphatic rings. The van der Waals surface area contributed by atoms with Crippen LogP contribution in [0.3, 0.4) is 0 Å². The molecule has 0 saturated heterocycles. The topological polar surface area (TPSA) is 37.9 Å². The van der Waals surface area contributed by atoms with Crippen LogP contribution in [-0.2, 0) is 4.74 Å². The lowest BCUT2D eigenvalue weighted by molar-refractivity contribution is 0.0697. The standard InChI is InChI=1S/C13H19BrN2OS/c1-3-17-8(2)12-15-11(9-6-4-5-7-9)10(14)13(18)16-12/h8-9H,3-7H2,1-2H3,(H,15,16,18). The maximum atomic E-state index is 5.59. The predicted octanol–water partition coefficient (Wildman–Crippen LogP) is 4.66. The van der Waals surface area contributed by atoms with Gasteiger partial charge in [-0.25, -0.2) is 4.98 Å². The van der Waals surface area contributed by atoms with Crippen LogP contribution >= 0.6 is 28.1 Å². The molecule has 1 saturated carbocycles. The second-order valence-corrected chi connectivity index (χ2v) is 5.91. The molecule has 1 fully saturated rings. The van der Waals surface area contributed by atoms with Crippen molar-refractivity contribution in [3.63, 3.8) is 0 Å². The molecule has 1 aliphatic carbocycles. The molecule has 5 heteroatoms. The summed E-state index contributed by atoms with van der Waals surface area (Å²) in [5, 5.41) is 0. The fraction of sp³-hybridized carbons (Fsp3) is 0.692. The van der Waals surface area contributed by atoms with Crippen LogP contribution in [0, 0.1) is 4.64 Å². The van der Waals surface area contributed by atoms with Gasteiger partial charge in [0.1, 0.15) is 16.6 Å². The van der Waals surface area contributed by atoms with Crippen LogP contribution in [0.5, 0.6) is 0 Å². The smallest absolute Gasteiger partial charge is 0.144 e. The molecule has 100 valence electrons. The Kier molecular flexibility index (Phi) is 4.92. The van der Waals surface area contributed by atoms with Crippen molar-refractivity contribution in [3.8, 4) is 0 Å². The van der Waals surface area contributed by atoms with E-state index in [2.05, 4.69) is 25.9 Å². The van der Waals surface area contributed by atoms with Crippen LogP contribution < -0.4 is 0 Å². The Morgan fingerprint density at radius 3 is 2.78 bits per heavy atom. The molecule has 0 aliphatic heterocycles. The van der Waals surface area contributed by atoms with Gasteiger partial charge in [-0.15, -0.1) is 0 Å². The van der Waals surface area contributed by atoms with E-state index < -0.39 is 0 Å². The number of aromatic nitrogens is 2. The van der Waals surface area contributed by atoms with Crippen molar-refractivity contribution in [2.45, 2.75) is 51.6 Å². The van der Waals surface area contributed by atoms with E-state index in [0.29, 0.717) is 17.2 Å². The highest BCUT2D eigenvalue weighted by atomic mass is 79.9. The van der Waals surface area contributed by atoms with Crippen molar-refractivity contribution in [2.24, 2.45) is 0 Å². The average molecular weight is 331 g/mol. The summed E-state index contributed by atoms with van der Waals surface area (Å²) in [6, 6.07) is 0. The molecule has 1 heterocycles. The van der Waals surface area contributed by atoms with Crippen molar-refractivity contribution >= 4 is 28.1 Å². The lowest BCUT2D eigenvalue weighted by Crippen LogP contribution is -2.10. The predicted molar refractivity (Wildman–Crippen MR) is 78.4 cm³/mol. The Morgan fingerprint density at radius 1 is 1.50 bits per heavy atom. The van der Waals surface area contributed by atoms with Crippen molar-refractivity contribution in [3.05, 3.63) is 20.6 Å². The first kappa shape index (κ1) is 14.2. The number of hydrogen-bond acceptors (Lipinski definition) is 3. The summed E-state index contributed by atoms with van der Waals surface area (Å²) < 4.78 is 7.18. The minimum atomic E-state index is -0.0371. The summed E-state index contributed by atoms with van der Waals surface area (Å²) in [6.45, 7) is 4.67. The molecule has 18 heavy (non-hydrogen) atoms. The van der Waals surface area contributed by atoms with Gasteiger partial charge in [0.15, 0.2) is 0 Å². The number of rotatable bonds is 4. The van der Waals surface area contributed by atoms with Gasteiger partial charge in [0.25, 0.3) is 0 Å². The molecule has 1 aromatic heterocycles. The Hall–Kier alpha value is -0.260. The number of nitrogens with zero attached hydrogens (tertiary/aromatic N) is 1. The first-order chi connectivity index (χ1) is 8.63. The number of ether oxygens (including phenoxy) is 1. The van der Waals surface area contributed by atoms with Crippen LogP contribution in [-0.4, -0.2) is 16.6 Å². The molecule has 0 spiro atoms. The summed E-state index contributed by atoms with van der Waals surface area (Å²) in [5.41, 5.74) is 1.20. The Bertz CT molecular complexity index is 469. The van der Waals surface area contributed by atoms with Gasteiger partial charge >= 0.3 is 0 Å². The summed E-state index contributed by atoms with van der Waals surface area (Å²) in [5.74, 6) is 1.42. The molecule has 0 bridgehead atoms. The number of H-pyrrole nitrogens is 1. The Morgan fingerprint density at radius 2 is 2.17 bits per heavy atom. The van der Waals surface area contributed by atoms with E-state index in [9.17, 15) is 0 Å². The SMILES string of the molecule is CCOC(C)c1nc(=S)c(Br)c(C2CCCC2)[nH]1. The van der Waals surface area contributed by atoms with Gasteiger partial charge in [0.2, 0.25) is 0 Å². The second kappa shape index (κ2) is 6.26. The van der Waals surface area contributed by atoms with Gasteiger partial charge in [0, 0.05) is 18.2 Å². The zero-order valence-electron chi connectivity index (χ0n) is 10.8. The minimum absolute atomic E-state index is 0.0371. The van der Waals surface area contributed by atoms with Crippen molar-refractivity contribution in [1.82, 2.24) is 9.97 Å². The highest BCUT2D eigenvalue weighted by Gasteiger charge is 2.22. The van der Waals surface area contributed by atoms with Gasteiger partial charge < -0.3 is 9.72 Å². The molecule has 1 N–H and O–H groups in total. The molecule has 1 unspecified atom stereocenters. The lowest BCUT2D eigenvalue weighted by atomic mass is 10.0. The largest absolute Gasteiger partial charge is 0.371 e. The third-order valence-corrected chi connectivity index (χ3v) is 4.83. The molecule has 0 radical (unpaired) electrons. The fourth-order valence-corrected chi connectivity index (χ4v) is 3.23. The van der Waals surface area contributed by atoms with Gasteiger partial charge in [-0.05, 0) is 42.6 Å². The fourth-order valence-electron chi connectivity index (χ4n) is 2.51. The highest BCUT2D eigenvalue weighted by Crippen LogP contribution is 2.37. The third-order valence-electron chi connectivity index (χ3n) is 3.47. The Labute approximate surface area is 121 Å². The quantitative estimate of drug-likeness (QED) is 0.816. The van der Waals surface area contributed by atoms with Crippen LogP contribution in [0.2, 0.25) is 0 Å². The molecule has 0 aromatic carbocycles. The minimum Gasteiger partial charge on any atom is -0.371 e. The number of aromatic amines is 1. The van der Waals surface area contributed by atoms with Crippen molar-refractivity contribution in [2.75, 3.05) is 6.61 Å². The van der Waals surface area contributed by atoms with Crippen LogP contribution in [0.25, 0.3) is 0 Å². The molecule has 1 atom stereocenters. The van der Waals surface area contributed by atoms with Crippen LogP contribution in [0.4, 0.5) is 0 Å². The molecular formula is C13H19BrN2OS. The maximum absolute atomic E-state index is 5.59. The summed E-state index contributed by atoms with van der Waals surface area (Å²) in [4.78, 5) is 7.84. The van der Waals surface area contributed by atoms with Gasteiger partial charge in [-0.1, -0.05) is 25.1 Å². The van der Waals surface area contributed by atoms with Gasteiger partial charge in [-0.2, -0.15) is 0 Å². The maximum Gasteiger partial charge on any atom is 0.144 e. The zero-order valence-corrected chi connectivity index (χ0v) is 13.2. The van der Waals surface area contributed by atoms with E-state index >= 15 is 0 Å². The number of hydrogen-bond donors (Lipinski definition) is 1. The molecule has 0 amide bonds. The van der Waals surface area contributed by atoms with E-state index in [0.717, 1.165) is 10.3 Å². The number of nitrogens with one attached hydrogen (secondary N) is 1. The van der Waals surface area contributed by atoms with Crippen molar-refractivity contribution in [1.29, 1.82) is 0 Å². The van der Waals surface area contributed by atoms with Gasteiger partial charge in [-0.3, -0.25) is 0 Å². The highest BCUT2D eigenvalue weighted by molar-refractivity contribution is 9.10. The first-order valence-corrected chi connectivity index (χ1v) is 7.74. The molecule has 2 rings (SSSR count). The second-order valence-electron chi connectivity index (χ2n) is 4.73.